The number of pyridine rings is 2. The molecule has 2 aliphatic rings. The van der Waals surface area contributed by atoms with Crippen LogP contribution in [0.3, 0.4) is 0 Å². The Kier molecular flexibility index (Phi) is 5.38. The summed E-state index contributed by atoms with van der Waals surface area (Å²) in [7, 11) is 0. The second-order valence-electron chi connectivity index (χ2n) is 8.22. The number of carbonyl (C=O) groups is 1. The molecule has 2 aromatic rings. The Morgan fingerprint density at radius 1 is 1.34 bits per heavy atom. The zero-order chi connectivity index (χ0) is 20.4. The number of nitrogens with zero attached hydrogens (tertiary/aromatic N) is 3. The molecule has 8 nitrogen and oxygen atoms in total. The van der Waals surface area contributed by atoms with Crippen LogP contribution in [0.4, 0.5) is 17.2 Å². The van der Waals surface area contributed by atoms with Crippen LogP contribution in [0.5, 0.6) is 0 Å². The van der Waals surface area contributed by atoms with Gasteiger partial charge in [-0.15, -0.1) is 0 Å². The van der Waals surface area contributed by atoms with Crippen LogP contribution in [0.2, 0.25) is 0 Å². The zero-order valence-electron chi connectivity index (χ0n) is 16.8. The molecule has 1 saturated heterocycles. The van der Waals surface area contributed by atoms with Gasteiger partial charge in [0, 0.05) is 30.4 Å². The third-order valence-electron chi connectivity index (χ3n) is 5.37. The van der Waals surface area contributed by atoms with E-state index in [0.717, 1.165) is 25.1 Å². The predicted molar refractivity (Wildman–Crippen MR) is 111 cm³/mol. The molecular formula is C21H27N5O3. The lowest BCUT2D eigenvalue weighted by Crippen LogP contribution is -2.53. The van der Waals surface area contributed by atoms with Crippen molar-refractivity contribution >= 4 is 23.1 Å². The van der Waals surface area contributed by atoms with Gasteiger partial charge in [0.2, 0.25) is 0 Å². The van der Waals surface area contributed by atoms with E-state index in [0.29, 0.717) is 30.3 Å². The molecule has 1 unspecified atom stereocenters. The average Bonchev–Trinajstić information content (AvgIpc) is 3.54. The van der Waals surface area contributed by atoms with Crippen LogP contribution >= 0.6 is 0 Å². The number of amides is 1. The standard InChI is InChI=1S/C21H27N5O3/c1-21(2)13-29-10-9-26(21)17-6-7-22-12-16(17)24-20(28)15-5-8-23-18(11-15)25-19(27)14-3-4-14/h5-8,11-12,14,19,27H,3-4,9-10,13H2,1-2H3,(H,23,25)(H,24,28). The fourth-order valence-electron chi connectivity index (χ4n) is 3.55. The van der Waals surface area contributed by atoms with E-state index in [2.05, 4.69) is 39.3 Å². The van der Waals surface area contributed by atoms with Gasteiger partial charge in [-0.3, -0.25) is 9.78 Å². The van der Waals surface area contributed by atoms with Crippen molar-refractivity contribution in [2.75, 3.05) is 35.3 Å². The van der Waals surface area contributed by atoms with Gasteiger partial charge in [0.15, 0.2) is 0 Å². The number of hydrogen-bond donors (Lipinski definition) is 3. The fourth-order valence-corrected chi connectivity index (χ4v) is 3.55. The molecule has 0 spiro atoms. The van der Waals surface area contributed by atoms with Crippen molar-refractivity contribution < 1.29 is 14.6 Å². The molecule has 0 bridgehead atoms. The lowest BCUT2D eigenvalue weighted by Gasteiger charge is -2.44. The lowest BCUT2D eigenvalue weighted by molar-refractivity contribution is 0.0644. The molecule has 2 aromatic heterocycles. The number of anilines is 3. The van der Waals surface area contributed by atoms with Crippen molar-refractivity contribution in [1.82, 2.24) is 9.97 Å². The van der Waals surface area contributed by atoms with Crippen LogP contribution in [0.15, 0.2) is 36.8 Å². The summed E-state index contributed by atoms with van der Waals surface area (Å²) in [5, 5.41) is 16.0. The number of morpholine rings is 1. The first-order chi connectivity index (χ1) is 13.9. The molecule has 1 amide bonds. The van der Waals surface area contributed by atoms with Gasteiger partial charge in [-0.1, -0.05) is 0 Å². The molecular weight excluding hydrogens is 370 g/mol. The van der Waals surface area contributed by atoms with Crippen molar-refractivity contribution in [3.05, 3.63) is 42.4 Å². The van der Waals surface area contributed by atoms with E-state index in [1.807, 2.05) is 6.07 Å². The minimum Gasteiger partial charge on any atom is -0.377 e. The quantitative estimate of drug-likeness (QED) is 0.644. The Morgan fingerprint density at radius 3 is 2.93 bits per heavy atom. The predicted octanol–water partition coefficient (Wildman–Crippen LogP) is 2.48. The first-order valence-corrected chi connectivity index (χ1v) is 9.95. The van der Waals surface area contributed by atoms with E-state index in [1.165, 1.54) is 0 Å². The van der Waals surface area contributed by atoms with Crippen LogP contribution in [-0.4, -0.2) is 52.5 Å². The van der Waals surface area contributed by atoms with Crippen LogP contribution in [-0.2, 0) is 4.74 Å². The first kappa shape index (κ1) is 19.6. The van der Waals surface area contributed by atoms with Gasteiger partial charge in [0.25, 0.3) is 5.91 Å². The van der Waals surface area contributed by atoms with E-state index >= 15 is 0 Å². The summed E-state index contributed by atoms with van der Waals surface area (Å²) in [5.41, 5.74) is 1.84. The molecule has 154 valence electrons. The van der Waals surface area contributed by atoms with Crippen LogP contribution in [0.1, 0.15) is 37.0 Å². The minimum absolute atomic E-state index is 0.189. The van der Waals surface area contributed by atoms with Crippen LogP contribution < -0.4 is 15.5 Å². The largest absolute Gasteiger partial charge is 0.377 e. The molecule has 29 heavy (non-hydrogen) atoms. The zero-order valence-corrected chi connectivity index (χ0v) is 16.8. The molecule has 0 radical (unpaired) electrons. The van der Waals surface area contributed by atoms with Gasteiger partial charge in [0.05, 0.1) is 36.3 Å². The summed E-state index contributed by atoms with van der Waals surface area (Å²) < 4.78 is 5.61. The third-order valence-corrected chi connectivity index (χ3v) is 5.37. The summed E-state index contributed by atoms with van der Waals surface area (Å²) in [5.74, 6) is 0.499. The number of ether oxygens (including phenoxy) is 1. The Morgan fingerprint density at radius 2 is 2.17 bits per heavy atom. The summed E-state index contributed by atoms with van der Waals surface area (Å²) in [6, 6.07) is 5.21. The Bertz CT molecular complexity index is 884. The number of carbonyl (C=O) groups excluding carboxylic acids is 1. The SMILES string of the molecule is CC1(C)COCCN1c1ccncc1NC(=O)c1ccnc(NC(O)C2CC2)c1. The fraction of sp³-hybridized carbons (Fsp3) is 0.476. The molecule has 1 aliphatic heterocycles. The highest BCUT2D eigenvalue weighted by Gasteiger charge is 2.32. The second kappa shape index (κ2) is 7.96. The Labute approximate surface area is 170 Å². The van der Waals surface area contributed by atoms with E-state index in [9.17, 15) is 9.90 Å². The van der Waals surface area contributed by atoms with Crippen LogP contribution in [0, 0.1) is 5.92 Å². The summed E-state index contributed by atoms with van der Waals surface area (Å²) in [6.45, 7) is 6.23. The van der Waals surface area contributed by atoms with E-state index in [-0.39, 0.29) is 17.4 Å². The highest BCUT2D eigenvalue weighted by atomic mass is 16.5. The highest BCUT2D eigenvalue weighted by molar-refractivity contribution is 6.06. The molecule has 2 fully saturated rings. The molecule has 4 rings (SSSR count). The monoisotopic (exact) mass is 397 g/mol. The van der Waals surface area contributed by atoms with Crippen molar-refractivity contribution in [2.45, 2.75) is 38.5 Å². The van der Waals surface area contributed by atoms with Gasteiger partial charge in [-0.2, -0.15) is 0 Å². The van der Waals surface area contributed by atoms with Gasteiger partial charge in [0.1, 0.15) is 12.0 Å². The highest BCUT2D eigenvalue weighted by Crippen LogP contribution is 2.34. The molecule has 3 N–H and O–H groups in total. The third kappa shape index (κ3) is 4.49. The first-order valence-electron chi connectivity index (χ1n) is 9.95. The normalized spacial score (nSPS) is 19.5. The van der Waals surface area contributed by atoms with Gasteiger partial charge in [-0.25, -0.2) is 4.98 Å². The number of rotatable bonds is 6. The average molecular weight is 397 g/mol. The maximum atomic E-state index is 12.9. The molecule has 3 heterocycles. The summed E-state index contributed by atoms with van der Waals surface area (Å²) in [4.78, 5) is 23.5. The molecule has 0 aromatic carbocycles. The number of hydrogen-bond acceptors (Lipinski definition) is 7. The number of nitrogens with one attached hydrogen (secondary N) is 2. The van der Waals surface area contributed by atoms with E-state index in [1.54, 1.807) is 30.7 Å². The second-order valence-corrected chi connectivity index (χ2v) is 8.22. The maximum absolute atomic E-state index is 12.9. The van der Waals surface area contributed by atoms with Gasteiger partial charge < -0.3 is 25.4 Å². The molecule has 1 aliphatic carbocycles. The number of aliphatic hydroxyl groups excluding tert-OH is 1. The van der Waals surface area contributed by atoms with Gasteiger partial charge in [-0.05, 0) is 44.9 Å². The summed E-state index contributed by atoms with van der Waals surface area (Å²) in [6.07, 6.45) is 6.34. The van der Waals surface area contributed by atoms with Crippen molar-refractivity contribution in [1.29, 1.82) is 0 Å². The topological polar surface area (TPSA) is 99.6 Å². The smallest absolute Gasteiger partial charge is 0.255 e. The van der Waals surface area contributed by atoms with Gasteiger partial charge >= 0.3 is 0 Å². The molecule has 1 atom stereocenters. The van der Waals surface area contributed by atoms with Crippen LogP contribution in [0.25, 0.3) is 0 Å². The van der Waals surface area contributed by atoms with Crippen molar-refractivity contribution in [3.63, 3.8) is 0 Å². The van der Waals surface area contributed by atoms with Crippen molar-refractivity contribution in [3.8, 4) is 0 Å². The molecule has 1 saturated carbocycles. The Balaban J connectivity index is 1.52. The number of aromatic nitrogens is 2. The van der Waals surface area contributed by atoms with Crippen molar-refractivity contribution in [2.24, 2.45) is 5.92 Å². The lowest BCUT2D eigenvalue weighted by atomic mass is 10.0. The minimum atomic E-state index is -0.630. The molecule has 8 heteroatoms. The van der Waals surface area contributed by atoms with E-state index < -0.39 is 6.23 Å². The maximum Gasteiger partial charge on any atom is 0.255 e. The summed E-state index contributed by atoms with van der Waals surface area (Å²) >= 11 is 0. The van der Waals surface area contributed by atoms with E-state index in [4.69, 9.17) is 4.74 Å². The Hall–Kier alpha value is -2.71. The number of aliphatic hydroxyl groups is 1.